The molecular formula is C33H39BrClN3O4S. The van der Waals surface area contributed by atoms with Crippen molar-refractivity contribution in [3.8, 4) is 0 Å². The van der Waals surface area contributed by atoms with Crippen molar-refractivity contribution in [1.82, 2.24) is 10.2 Å². The predicted molar refractivity (Wildman–Crippen MR) is 177 cm³/mol. The number of benzene rings is 3. The van der Waals surface area contributed by atoms with Gasteiger partial charge >= 0.3 is 0 Å². The summed E-state index contributed by atoms with van der Waals surface area (Å²) in [5, 5.41) is 3.65. The van der Waals surface area contributed by atoms with E-state index in [-0.39, 0.29) is 43.8 Å². The number of amides is 2. The summed E-state index contributed by atoms with van der Waals surface area (Å²) in [6.45, 7) is 2.18. The Morgan fingerprint density at radius 1 is 1.00 bits per heavy atom. The highest BCUT2D eigenvalue weighted by molar-refractivity contribution is 9.10. The Kier molecular flexibility index (Phi) is 11.7. The first-order valence-electron chi connectivity index (χ1n) is 14.6. The van der Waals surface area contributed by atoms with Crippen LogP contribution in [0.5, 0.6) is 0 Å². The molecule has 1 unspecified atom stereocenters. The van der Waals surface area contributed by atoms with E-state index >= 15 is 0 Å². The molecule has 1 fully saturated rings. The molecule has 0 bridgehead atoms. The van der Waals surface area contributed by atoms with Crippen LogP contribution in [-0.2, 0) is 32.6 Å². The molecule has 230 valence electrons. The van der Waals surface area contributed by atoms with Gasteiger partial charge in [-0.05, 0) is 67.1 Å². The predicted octanol–water partition coefficient (Wildman–Crippen LogP) is 6.66. The molecule has 1 atom stereocenters. The lowest BCUT2D eigenvalue weighted by Crippen LogP contribution is -2.52. The lowest BCUT2D eigenvalue weighted by atomic mass is 10.0. The van der Waals surface area contributed by atoms with Crippen LogP contribution in [0.2, 0.25) is 5.02 Å². The van der Waals surface area contributed by atoms with Crippen molar-refractivity contribution in [2.24, 2.45) is 0 Å². The van der Waals surface area contributed by atoms with E-state index in [4.69, 9.17) is 11.6 Å². The number of carbonyl (C=O) groups is 2. The van der Waals surface area contributed by atoms with Crippen molar-refractivity contribution in [3.63, 3.8) is 0 Å². The van der Waals surface area contributed by atoms with E-state index in [1.54, 1.807) is 23.1 Å². The van der Waals surface area contributed by atoms with Crippen LogP contribution in [0, 0.1) is 6.92 Å². The Hall–Kier alpha value is -2.88. The lowest BCUT2D eigenvalue weighted by molar-refractivity contribution is -0.141. The number of nitrogens with zero attached hydrogens (tertiary/aromatic N) is 2. The van der Waals surface area contributed by atoms with E-state index in [1.807, 2.05) is 61.5 Å². The van der Waals surface area contributed by atoms with Gasteiger partial charge in [-0.25, -0.2) is 8.42 Å². The van der Waals surface area contributed by atoms with E-state index in [9.17, 15) is 18.0 Å². The van der Waals surface area contributed by atoms with Crippen LogP contribution in [-0.4, -0.2) is 50.0 Å². The van der Waals surface area contributed by atoms with Gasteiger partial charge in [0.15, 0.2) is 0 Å². The maximum atomic E-state index is 14.0. The second-order valence-corrected chi connectivity index (χ2v) is 14.5. The minimum absolute atomic E-state index is 0.0711. The molecule has 1 N–H and O–H groups in total. The molecule has 7 nitrogen and oxygen atoms in total. The van der Waals surface area contributed by atoms with E-state index in [0.29, 0.717) is 17.1 Å². The van der Waals surface area contributed by atoms with E-state index < -0.39 is 16.1 Å². The maximum absolute atomic E-state index is 14.0. The van der Waals surface area contributed by atoms with Crippen LogP contribution in [0.1, 0.15) is 55.2 Å². The number of sulfonamides is 1. The highest BCUT2D eigenvalue weighted by Crippen LogP contribution is 2.27. The molecule has 3 aromatic carbocycles. The summed E-state index contributed by atoms with van der Waals surface area (Å²) in [4.78, 5) is 29.6. The van der Waals surface area contributed by atoms with Gasteiger partial charge in [0.25, 0.3) is 0 Å². The third-order valence-electron chi connectivity index (χ3n) is 7.81. The summed E-state index contributed by atoms with van der Waals surface area (Å²) in [6.07, 6.45) is 5.90. The minimum atomic E-state index is -3.63. The minimum Gasteiger partial charge on any atom is -0.352 e. The molecule has 0 spiro atoms. The van der Waals surface area contributed by atoms with Crippen LogP contribution in [0.4, 0.5) is 5.69 Å². The Balaban J connectivity index is 1.60. The van der Waals surface area contributed by atoms with Crippen molar-refractivity contribution in [1.29, 1.82) is 0 Å². The molecule has 0 saturated heterocycles. The molecule has 1 saturated carbocycles. The van der Waals surface area contributed by atoms with Gasteiger partial charge in [0.1, 0.15) is 6.04 Å². The van der Waals surface area contributed by atoms with Gasteiger partial charge in [0.2, 0.25) is 21.8 Å². The first kappa shape index (κ1) is 33.0. The van der Waals surface area contributed by atoms with Crippen LogP contribution in [0.3, 0.4) is 0 Å². The third-order valence-corrected chi connectivity index (χ3v) is 9.71. The van der Waals surface area contributed by atoms with Crippen LogP contribution >= 0.6 is 27.5 Å². The van der Waals surface area contributed by atoms with Crippen LogP contribution in [0.25, 0.3) is 0 Å². The normalized spacial score (nSPS) is 14.3. The molecule has 0 aliphatic heterocycles. The van der Waals surface area contributed by atoms with Crippen molar-refractivity contribution in [2.75, 3.05) is 17.1 Å². The fourth-order valence-corrected chi connectivity index (χ4v) is 7.21. The van der Waals surface area contributed by atoms with Crippen molar-refractivity contribution >= 4 is 55.1 Å². The number of hydrogen-bond donors (Lipinski definition) is 1. The number of nitrogens with one attached hydrogen (secondary N) is 1. The summed E-state index contributed by atoms with van der Waals surface area (Å²) in [7, 11) is -3.63. The largest absolute Gasteiger partial charge is 0.352 e. The summed E-state index contributed by atoms with van der Waals surface area (Å²) in [5.41, 5.74) is 3.11. The van der Waals surface area contributed by atoms with Crippen LogP contribution in [0.15, 0.2) is 77.3 Å². The van der Waals surface area contributed by atoms with E-state index in [0.717, 1.165) is 53.1 Å². The topological polar surface area (TPSA) is 86.8 Å². The highest BCUT2D eigenvalue weighted by atomic mass is 79.9. The Morgan fingerprint density at radius 3 is 2.37 bits per heavy atom. The molecule has 1 aliphatic carbocycles. The van der Waals surface area contributed by atoms with Crippen molar-refractivity contribution < 1.29 is 18.0 Å². The van der Waals surface area contributed by atoms with Gasteiger partial charge in [0.05, 0.1) is 11.9 Å². The number of anilines is 1. The zero-order valence-corrected chi connectivity index (χ0v) is 27.8. The summed E-state index contributed by atoms with van der Waals surface area (Å²) < 4.78 is 27.7. The molecule has 0 heterocycles. The van der Waals surface area contributed by atoms with E-state index in [2.05, 4.69) is 21.2 Å². The molecule has 0 radical (unpaired) electrons. The SMILES string of the molecule is Cc1ccc(Cl)cc1N(CCCC(=O)N(Cc1cccc(Br)c1)C(Cc1ccccc1)C(=O)NC1CCCC1)S(C)(=O)=O. The first-order chi connectivity index (χ1) is 20.5. The number of hydrogen-bond acceptors (Lipinski definition) is 4. The number of aryl methyl sites for hydroxylation is 1. The monoisotopic (exact) mass is 687 g/mol. The number of rotatable bonds is 13. The van der Waals surface area contributed by atoms with Gasteiger partial charge in [-0.15, -0.1) is 0 Å². The molecule has 4 rings (SSSR count). The molecule has 43 heavy (non-hydrogen) atoms. The average molecular weight is 689 g/mol. The summed E-state index contributed by atoms with van der Waals surface area (Å²) in [5.74, 6) is -0.370. The lowest BCUT2D eigenvalue weighted by Gasteiger charge is -2.33. The second-order valence-electron chi connectivity index (χ2n) is 11.2. The van der Waals surface area contributed by atoms with Gasteiger partial charge in [-0.2, -0.15) is 0 Å². The highest BCUT2D eigenvalue weighted by Gasteiger charge is 2.32. The maximum Gasteiger partial charge on any atom is 0.243 e. The summed E-state index contributed by atoms with van der Waals surface area (Å²) in [6, 6.07) is 21.9. The molecule has 10 heteroatoms. The fourth-order valence-electron chi connectivity index (χ4n) is 5.59. The average Bonchev–Trinajstić information content (AvgIpc) is 3.47. The Labute approximate surface area is 268 Å². The van der Waals surface area contributed by atoms with Gasteiger partial charge in [0, 0.05) is 41.5 Å². The van der Waals surface area contributed by atoms with Gasteiger partial charge in [-0.3, -0.25) is 13.9 Å². The Morgan fingerprint density at radius 2 is 1.70 bits per heavy atom. The van der Waals surface area contributed by atoms with E-state index in [1.165, 1.54) is 4.31 Å². The smallest absolute Gasteiger partial charge is 0.243 e. The number of halogens is 2. The van der Waals surface area contributed by atoms with Gasteiger partial charge in [-0.1, -0.05) is 88.9 Å². The zero-order valence-electron chi connectivity index (χ0n) is 24.6. The quantitative estimate of drug-likeness (QED) is 0.218. The molecule has 2 amide bonds. The standard InChI is InChI=1S/C33H39BrClN3O4S/c1-24-17-18-28(35)22-30(24)38(43(2,41)42)19-9-16-32(39)37(23-26-12-8-13-27(34)20-26)31(21-25-10-4-3-5-11-25)33(40)36-29-14-6-7-15-29/h3-5,8,10-13,17-18,20,22,29,31H,6-7,9,14-16,19,21,23H2,1-2H3,(H,36,40). The zero-order chi connectivity index (χ0) is 31.0. The molecule has 0 aromatic heterocycles. The number of carbonyl (C=O) groups excluding carboxylic acids is 2. The molecular weight excluding hydrogens is 650 g/mol. The Bertz CT molecular complexity index is 1510. The van der Waals surface area contributed by atoms with Crippen molar-refractivity contribution in [3.05, 3.63) is 99.0 Å². The van der Waals surface area contributed by atoms with Gasteiger partial charge < -0.3 is 10.2 Å². The molecule has 3 aromatic rings. The second kappa shape index (κ2) is 15.2. The van der Waals surface area contributed by atoms with Crippen LogP contribution < -0.4 is 9.62 Å². The molecule has 1 aliphatic rings. The first-order valence-corrected chi connectivity index (χ1v) is 17.7. The fraction of sp³-hybridized carbons (Fsp3) is 0.394. The van der Waals surface area contributed by atoms with Crippen molar-refractivity contribution in [2.45, 2.75) is 70.5 Å². The summed E-state index contributed by atoms with van der Waals surface area (Å²) >= 11 is 9.72. The third kappa shape index (κ3) is 9.55.